The van der Waals surface area contributed by atoms with Crippen LogP contribution in [0.3, 0.4) is 0 Å². The molecule has 1 fully saturated rings. The second-order valence-corrected chi connectivity index (χ2v) is 12.9. The molecule has 0 aromatic heterocycles. The zero-order valence-electron chi connectivity index (χ0n) is 24.8. The summed E-state index contributed by atoms with van der Waals surface area (Å²) in [6.07, 6.45) is 1.89. The number of halogens is 2. The van der Waals surface area contributed by atoms with Gasteiger partial charge in [-0.3, -0.25) is 9.59 Å². The topological polar surface area (TPSA) is 108 Å². The Bertz CT molecular complexity index is 1610. The quantitative estimate of drug-likeness (QED) is 0.246. The summed E-state index contributed by atoms with van der Waals surface area (Å²) in [4.78, 5) is 42.0. The van der Waals surface area contributed by atoms with Gasteiger partial charge in [0.1, 0.15) is 34.9 Å². The summed E-state index contributed by atoms with van der Waals surface area (Å²) in [6.45, 7) is 9.52. The maximum Gasteiger partial charge on any atom is 0.330 e. The third kappa shape index (κ3) is 6.43. The molecular formula is C34H35ClFN3O5. The SMILES string of the molecule is C=CC1CC1(NC(=O)C1Cc2cc(Oc3cccc(Cl)c3)ccc2CN1C(=O)[C@@H](Nc1ccc(F)cc1)C(C)(C)C)C(=O)O. The number of hydrogen-bond acceptors (Lipinski definition) is 5. The highest BCUT2D eigenvalue weighted by Gasteiger charge is 2.61. The third-order valence-corrected chi connectivity index (χ3v) is 8.46. The Morgan fingerprint density at radius 1 is 1.09 bits per heavy atom. The van der Waals surface area contributed by atoms with Crippen molar-refractivity contribution in [3.05, 3.63) is 101 Å². The number of nitrogens with one attached hydrogen (secondary N) is 2. The van der Waals surface area contributed by atoms with Gasteiger partial charge in [0.15, 0.2) is 0 Å². The van der Waals surface area contributed by atoms with Gasteiger partial charge in [0, 0.05) is 29.6 Å². The predicted octanol–water partition coefficient (Wildman–Crippen LogP) is 6.20. The van der Waals surface area contributed by atoms with Crippen LogP contribution in [-0.2, 0) is 27.3 Å². The van der Waals surface area contributed by atoms with Gasteiger partial charge in [-0.2, -0.15) is 0 Å². The van der Waals surface area contributed by atoms with Gasteiger partial charge >= 0.3 is 5.97 Å². The second-order valence-electron chi connectivity index (χ2n) is 12.4. The third-order valence-electron chi connectivity index (χ3n) is 8.22. The average Bonchev–Trinajstić information content (AvgIpc) is 3.69. The van der Waals surface area contributed by atoms with Gasteiger partial charge in [-0.1, -0.05) is 50.6 Å². The van der Waals surface area contributed by atoms with E-state index in [1.54, 1.807) is 42.5 Å². The summed E-state index contributed by atoms with van der Waals surface area (Å²) in [5.74, 6) is -1.78. The Hall–Kier alpha value is -4.37. The number of carbonyl (C=O) groups excluding carboxylic acids is 2. The first-order chi connectivity index (χ1) is 20.8. The molecule has 0 spiro atoms. The zero-order valence-corrected chi connectivity index (χ0v) is 25.5. The fourth-order valence-electron chi connectivity index (χ4n) is 5.60. The van der Waals surface area contributed by atoms with E-state index in [4.69, 9.17) is 16.3 Å². The number of ether oxygens (including phenoxy) is 1. The highest BCUT2D eigenvalue weighted by atomic mass is 35.5. The number of fused-ring (bicyclic) bond motifs is 1. The van der Waals surface area contributed by atoms with E-state index in [0.29, 0.717) is 22.2 Å². The van der Waals surface area contributed by atoms with Crippen molar-refractivity contribution in [2.24, 2.45) is 11.3 Å². The summed E-state index contributed by atoms with van der Waals surface area (Å²) in [7, 11) is 0. The first kappa shape index (κ1) is 31.1. The Kier molecular flexibility index (Phi) is 8.44. The van der Waals surface area contributed by atoms with Crippen molar-refractivity contribution in [3.63, 3.8) is 0 Å². The monoisotopic (exact) mass is 619 g/mol. The fourth-order valence-corrected chi connectivity index (χ4v) is 5.78. The molecule has 3 aromatic rings. The van der Waals surface area contributed by atoms with Gasteiger partial charge in [-0.05, 0) is 77.6 Å². The fraction of sp³-hybridized carbons (Fsp3) is 0.324. The number of carboxylic acid groups (broad SMARTS) is 1. The number of aliphatic carboxylic acids is 1. The number of carbonyl (C=O) groups is 3. The average molecular weight is 620 g/mol. The highest BCUT2D eigenvalue weighted by Crippen LogP contribution is 2.45. The Morgan fingerprint density at radius 3 is 2.41 bits per heavy atom. The van der Waals surface area contributed by atoms with Crippen LogP contribution in [0.4, 0.5) is 10.1 Å². The number of amides is 2. The number of anilines is 1. The van der Waals surface area contributed by atoms with Crippen molar-refractivity contribution in [3.8, 4) is 11.5 Å². The van der Waals surface area contributed by atoms with Crippen molar-refractivity contribution in [1.82, 2.24) is 10.2 Å². The van der Waals surface area contributed by atoms with E-state index in [1.807, 2.05) is 32.9 Å². The molecule has 0 radical (unpaired) electrons. The second kappa shape index (κ2) is 12.0. The normalized spacial score (nSPS) is 21.4. The smallest absolute Gasteiger partial charge is 0.330 e. The molecule has 1 saturated carbocycles. The molecule has 4 atom stereocenters. The molecule has 0 bridgehead atoms. The molecule has 1 aliphatic carbocycles. The lowest BCUT2D eigenvalue weighted by molar-refractivity contribution is -0.147. The van der Waals surface area contributed by atoms with Crippen molar-refractivity contribution >= 4 is 35.1 Å². The van der Waals surface area contributed by atoms with Crippen LogP contribution in [-0.4, -0.2) is 45.4 Å². The molecule has 3 N–H and O–H groups in total. The molecule has 44 heavy (non-hydrogen) atoms. The van der Waals surface area contributed by atoms with Crippen LogP contribution in [0.25, 0.3) is 0 Å². The van der Waals surface area contributed by atoms with Crippen LogP contribution in [0.15, 0.2) is 79.4 Å². The number of hydrogen-bond donors (Lipinski definition) is 3. The molecule has 230 valence electrons. The van der Waals surface area contributed by atoms with E-state index < -0.39 is 46.6 Å². The summed E-state index contributed by atoms with van der Waals surface area (Å²) in [5.41, 5.74) is 0.124. The van der Waals surface area contributed by atoms with Crippen LogP contribution < -0.4 is 15.4 Å². The van der Waals surface area contributed by atoms with E-state index in [2.05, 4.69) is 17.2 Å². The molecule has 8 nitrogen and oxygen atoms in total. The first-order valence-electron chi connectivity index (χ1n) is 14.4. The van der Waals surface area contributed by atoms with Gasteiger partial charge in [0.05, 0.1) is 0 Å². The molecular weight excluding hydrogens is 585 g/mol. The minimum Gasteiger partial charge on any atom is -0.479 e. The van der Waals surface area contributed by atoms with E-state index in [1.165, 1.54) is 23.1 Å². The van der Waals surface area contributed by atoms with E-state index in [0.717, 1.165) is 11.1 Å². The Labute approximate surface area is 260 Å². The lowest BCUT2D eigenvalue weighted by Crippen LogP contribution is -2.60. The molecule has 3 aromatic carbocycles. The van der Waals surface area contributed by atoms with Crippen LogP contribution in [0.2, 0.25) is 5.02 Å². The van der Waals surface area contributed by atoms with Crippen molar-refractivity contribution in [1.29, 1.82) is 0 Å². The maximum absolute atomic E-state index is 14.4. The molecule has 2 amide bonds. The lowest BCUT2D eigenvalue weighted by atomic mass is 9.84. The molecule has 1 aliphatic heterocycles. The van der Waals surface area contributed by atoms with Gasteiger partial charge in [0.25, 0.3) is 0 Å². The molecule has 5 rings (SSSR count). The van der Waals surface area contributed by atoms with E-state index in [9.17, 15) is 23.9 Å². The molecule has 10 heteroatoms. The van der Waals surface area contributed by atoms with Crippen LogP contribution >= 0.6 is 11.6 Å². The number of carboxylic acids is 1. The summed E-state index contributed by atoms with van der Waals surface area (Å²) in [6, 6.07) is 16.4. The standard InChI is InChI=1S/C34H35ClFN3O5/c1-5-22-18-34(22,32(42)43)38-30(40)28-16-21-15-27(44-26-8-6-7-23(35)17-26)14-9-20(21)19-39(28)31(41)29(33(2,3)4)37-25-12-10-24(36)11-13-25/h5-15,17,22,28-29,37H,1,16,18-19H2,2-4H3,(H,38,40)(H,42,43)/t22?,28?,29-,34?/m1/s1. The summed E-state index contributed by atoms with van der Waals surface area (Å²) >= 11 is 6.11. The zero-order chi connectivity index (χ0) is 31.8. The van der Waals surface area contributed by atoms with Crippen LogP contribution in [0.5, 0.6) is 11.5 Å². The summed E-state index contributed by atoms with van der Waals surface area (Å²) < 4.78 is 19.6. The van der Waals surface area contributed by atoms with Gasteiger partial charge in [-0.25, -0.2) is 9.18 Å². The minimum atomic E-state index is -1.46. The highest BCUT2D eigenvalue weighted by molar-refractivity contribution is 6.30. The van der Waals surface area contributed by atoms with E-state index in [-0.39, 0.29) is 25.3 Å². The van der Waals surface area contributed by atoms with E-state index >= 15 is 0 Å². The first-order valence-corrected chi connectivity index (χ1v) is 14.7. The maximum atomic E-state index is 14.4. The van der Waals surface area contributed by atoms with Gasteiger partial charge in [0.2, 0.25) is 11.8 Å². The van der Waals surface area contributed by atoms with Gasteiger partial charge in [-0.15, -0.1) is 6.58 Å². The van der Waals surface area contributed by atoms with Crippen molar-refractivity contribution in [2.45, 2.75) is 57.8 Å². The van der Waals surface area contributed by atoms with Crippen LogP contribution in [0.1, 0.15) is 38.3 Å². The molecule has 0 saturated heterocycles. The molecule has 1 heterocycles. The van der Waals surface area contributed by atoms with Crippen molar-refractivity contribution in [2.75, 3.05) is 5.32 Å². The van der Waals surface area contributed by atoms with Crippen molar-refractivity contribution < 1.29 is 28.6 Å². The Morgan fingerprint density at radius 2 is 1.80 bits per heavy atom. The van der Waals surface area contributed by atoms with Gasteiger partial charge < -0.3 is 25.4 Å². The summed E-state index contributed by atoms with van der Waals surface area (Å²) in [5, 5.41) is 16.5. The Balaban J connectivity index is 1.48. The number of rotatable bonds is 9. The molecule has 2 aliphatic rings. The minimum absolute atomic E-state index is 0.117. The number of nitrogens with zero attached hydrogens (tertiary/aromatic N) is 1. The predicted molar refractivity (Wildman–Crippen MR) is 166 cm³/mol. The van der Waals surface area contributed by atoms with Crippen LogP contribution in [0, 0.1) is 17.2 Å². The lowest BCUT2D eigenvalue weighted by Gasteiger charge is -2.41. The number of benzene rings is 3. The molecule has 3 unspecified atom stereocenters. The largest absolute Gasteiger partial charge is 0.479 e.